The topological polar surface area (TPSA) is 26.3 Å². The van der Waals surface area contributed by atoms with Gasteiger partial charge in [0.2, 0.25) is 0 Å². The van der Waals surface area contributed by atoms with E-state index in [9.17, 15) is 13.6 Å². The summed E-state index contributed by atoms with van der Waals surface area (Å²) in [7, 11) is 0. The minimum absolute atomic E-state index is 0.142. The summed E-state index contributed by atoms with van der Waals surface area (Å²) < 4.78 is 31.8. The van der Waals surface area contributed by atoms with Gasteiger partial charge in [-0.25, -0.2) is 8.78 Å². The molecule has 0 aliphatic heterocycles. The highest BCUT2D eigenvalue weighted by Gasteiger charge is 2.17. The van der Waals surface area contributed by atoms with Crippen LogP contribution in [0.5, 0.6) is 5.75 Å². The summed E-state index contributed by atoms with van der Waals surface area (Å²) in [6.07, 6.45) is -0.915. The van der Waals surface area contributed by atoms with Crippen molar-refractivity contribution < 1.29 is 18.3 Å². The molecule has 0 saturated carbocycles. The van der Waals surface area contributed by atoms with Gasteiger partial charge < -0.3 is 4.74 Å². The zero-order chi connectivity index (χ0) is 15.4. The number of halogens is 3. The highest BCUT2D eigenvalue weighted by molar-refractivity contribution is 6.30. The Morgan fingerprint density at radius 3 is 2.67 bits per heavy atom. The van der Waals surface area contributed by atoms with Crippen LogP contribution in [0.4, 0.5) is 8.78 Å². The first-order chi connectivity index (χ1) is 9.95. The van der Waals surface area contributed by atoms with Crippen molar-refractivity contribution in [3.63, 3.8) is 0 Å². The number of ether oxygens (including phenoxy) is 1. The van der Waals surface area contributed by atoms with Crippen LogP contribution in [-0.4, -0.2) is 11.9 Å². The molecule has 2 aromatic rings. The van der Waals surface area contributed by atoms with Gasteiger partial charge in [0.05, 0.1) is 0 Å². The van der Waals surface area contributed by atoms with Crippen molar-refractivity contribution in [2.45, 2.75) is 19.4 Å². The van der Waals surface area contributed by atoms with E-state index in [4.69, 9.17) is 16.3 Å². The molecule has 2 nitrogen and oxygen atoms in total. The minimum atomic E-state index is -0.757. The Hall–Kier alpha value is -1.94. The van der Waals surface area contributed by atoms with Gasteiger partial charge in [0.25, 0.3) is 0 Å². The first-order valence-corrected chi connectivity index (χ1v) is 6.72. The van der Waals surface area contributed by atoms with E-state index >= 15 is 0 Å². The van der Waals surface area contributed by atoms with Gasteiger partial charge in [-0.15, -0.1) is 0 Å². The molecule has 0 aliphatic rings. The highest BCUT2D eigenvalue weighted by Crippen LogP contribution is 2.19. The number of ketones is 1. The molecule has 2 rings (SSSR count). The maximum Gasteiger partial charge on any atom is 0.177 e. The Labute approximate surface area is 126 Å². The summed E-state index contributed by atoms with van der Waals surface area (Å²) in [4.78, 5) is 12.0. The fraction of sp³-hybridized carbons (Fsp3) is 0.188. The third-order valence-corrected chi connectivity index (χ3v) is 3.18. The van der Waals surface area contributed by atoms with Crippen molar-refractivity contribution in [3.8, 4) is 5.75 Å². The Morgan fingerprint density at radius 1 is 1.24 bits per heavy atom. The molecule has 1 atom stereocenters. The second-order valence-corrected chi connectivity index (χ2v) is 5.03. The number of Topliss-reactive ketones (excluding diaryl/α,β-unsaturated/α-hetero) is 1. The molecule has 0 N–H and O–H groups in total. The SMILES string of the molecule is CC(Oc1cccc(Cl)c1)C(=O)Cc1ccc(F)cc1F. The molecular weight excluding hydrogens is 298 g/mol. The first-order valence-electron chi connectivity index (χ1n) is 6.34. The van der Waals surface area contributed by atoms with Crippen LogP contribution < -0.4 is 4.74 Å². The maximum atomic E-state index is 13.5. The molecule has 5 heteroatoms. The van der Waals surface area contributed by atoms with Gasteiger partial charge in [0, 0.05) is 17.5 Å². The monoisotopic (exact) mass is 310 g/mol. The van der Waals surface area contributed by atoms with E-state index in [2.05, 4.69) is 0 Å². The van der Waals surface area contributed by atoms with E-state index < -0.39 is 17.7 Å². The fourth-order valence-corrected chi connectivity index (χ4v) is 1.99. The second-order valence-electron chi connectivity index (χ2n) is 4.60. The fourth-order valence-electron chi connectivity index (χ4n) is 1.81. The van der Waals surface area contributed by atoms with Crippen molar-refractivity contribution in [1.29, 1.82) is 0 Å². The predicted octanol–water partition coefficient (Wildman–Crippen LogP) is 4.20. The molecule has 0 radical (unpaired) electrons. The van der Waals surface area contributed by atoms with Crippen LogP contribution in [0.25, 0.3) is 0 Å². The van der Waals surface area contributed by atoms with Gasteiger partial charge in [0.15, 0.2) is 11.9 Å². The molecule has 0 saturated heterocycles. The molecule has 0 aliphatic carbocycles. The largest absolute Gasteiger partial charge is 0.483 e. The number of benzene rings is 2. The standard InChI is InChI=1S/C16H13ClF2O2/c1-10(21-14-4-2-3-12(17)8-14)16(20)7-11-5-6-13(18)9-15(11)19/h2-6,8-10H,7H2,1H3. The predicted molar refractivity (Wildman–Crippen MR) is 76.6 cm³/mol. The second kappa shape index (κ2) is 6.68. The van der Waals surface area contributed by atoms with E-state index in [1.54, 1.807) is 31.2 Å². The van der Waals surface area contributed by atoms with E-state index in [1.165, 1.54) is 6.07 Å². The molecule has 0 bridgehead atoms. The van der Waals surface area contributed by atoms with Gasteiger partial charge in [0.1, 0.15) is 17.4 Å². The lowest BCUT2D eigenvalue weighted by Crippen LogP contribution is -2.25. The lowest BCUT2D eigenvalue weighted by Gasteiger charge is -2.14. The summed E-state index contributed by atoms with van der Waals surface area (Å²) in [6, 6.07) is 9.79. The van der Waals surface area contributed by atoms with Crippen LogP contribution >= 0.6 is 11.6 Å². The summed E-state index contributed by atoms with van der Waals surface area (Å²) in [5, 5.41) is 0.497. The van der Waals surface area contributed by atoms with Gasteiger partial charge in [-0.2, -0.15) is 0 Å². The summed E-state index contributed by atoms with van der Waals surface area (Å²) >= 11 is 5.82. The zero-order valence-corrected chi connectivity index (χ0v) is 12.0. The number of carbonyl (C=O) groups excluding carboxylic acids is 1. The summed E-state index contributed by atoms with van der Waals surface area (Å²) in [6.45, 7) is 1.57. The van der Waals surface area contributed by atoms with Crippen molar-refractivity contribution in [1.82, 2.24) is 0 Å². The smallest absolute Gasteiger partial charge is 0.177 e. The van der Waals surface area contributed by atoms with Crippen molar-refractivity contribution in [3.05, 3.63) is 64.7 Å². The summed E-state index contributed by atoms with van der Waals surface area (Å²) in [5.41, 5.74) is 0.142. The lowest BCUT2D eigenvalue weighted by atomic mass is 10.1. The van der Waals surface area contributed by atoms with Crippen molar-refractivity contribution >= 4 is 17.4 Å². The molecule has 0 spiro atoms. The molecular formula is C16H13ClF2O2. The summed E-state index contributed by atoms with van der Waals surface area (Å²) in [5.74, 6) is -1.26. The molecule has 110 valence electrons. The Morgan fingerprint density at radius 2 is 2.00 bits per heavy atom. The average molecular weight is 311 g/mol. The number of hydrogen-bond donors (Lipinski definition) is 0. The first kappa shape index (κ1) is 15.4. The lowest BCUT2D eigenvalue weighted by molar-refractivity contribution is -0.124. The van der Waals surface area contributed by atoms with E-state index in [-0.39, 0.29) is 17.8 Å². The Kier molecular flexibility index (Phi) is 4.91. The average Bonchev–Trinajstić information content (AvgIpc) is 2.41. The van der Waals surface area contributed by atoms with Gasteiger partial charge in [-0.3, -0.25) is 4.79 Å². The minimum Gasteiger partial charge on any atom is -0.483 e. The van der Waals surface area contributed by atoms with Crippen LogP contribution in [0.3, 0.4) is 0 Å². The zero-order valence-electron chi connectivity index (χ0n) is 11.3. The van der Waals surface area contributed by atoms with Gasteiger partial charge in [-0.05, 0) is 36.8 Å². The van der Waals surface area contributed by atoms with E-state index in [0.29, 0.717) is 10.8 Å². The van der Waals surface area contributed by atoms with Crippen LogP contribution in [0.15, 0.2) is 42.5 Å². The quantitative estimate of drug-likeness (QED) is 0.827. The molecule has 1 unspecified atom stereocenters. The molecule has 0 fully saturated rings. The third kappa shape index (κ3) is 4.26. The number of rotatable bonds is 5. The maximum absolute atomic E-state index is 13.5. The van der Waals surface area contributed by atoms with Crippen LogP contribution in [-0.2, 0) is 11.2 Å². The third-order valence-electron chi connectivity index (χ3n) is 2.94. The Balaban J connectivity index is 2.02. The molecule has 2 aromatic carbocycles. The molecule has 21 heavy (non-hydrogen) atoms. The molecule has 0 amide bonds. The van der Waals surface area contributed by atoms with Crippen LogP contribution in [0, 0.1) is 11.6 Å². The molecule has 0 aromatic heterocycles. The van der Waals surface area contributed by atoms with Crippen molar-refractivity contribution in [2.75, 3.05) is 0 Å². The normalized spacial score (nSPS) is 12.0. The van der Waals surface area contributed by atoms with Crippen LogP contribution in [0.2, 0.25) is 5.02 Å². The number of hydrogen-bond acceptors (Lipinski definition) is 2. The van der Waals surface area contributed by atoms with Crippen LogP contribution in [0.1, 0.15) is 12.5 Å². The van der Waals surface area contributed by atoms with Gasteiger partial charge in [-0.1, -0.05) is 23.7 Å². The van der Waals surface area contributed by atoms with Crippen molar-refractivity contribution in [2.24, 2.45) is 0 Å². The highest BCUT2D eigenvalue weighted by atomic mass is 35.5. The number of carbonyl (C=O) groups is 1. The van der Waals surface area contributed by atoms with E-state index in [0.717, 1.165) is 12.1 Å². The van der Waals surface area contributed by atoms with Gasteiger partial charge >= 0.3 is 0 Å². The van der Waals surface area contributed by atoms with E-state index in [1.807, 2.05) is 0 Å². The Bertz CT molecular complexity index is 658. The molecule has 0 heterocycles.